The smallest absolute Gasteiger partial charge is 0.210 e. The van der Waals surface area contributed by atoms with Crippen molar-refractivity contribution in [1.82, 2.24) is 5.43 Å². The summed E-state index contributed by atoms with van der Waals surface area (Å²) in [6.45, 7) is 4.96. The highest BCUT2D eigenvalue weighted by Crippen LogP contribution is 2.20. The van der Waals surface area contributed by atoms with Gasteiger partial charge in [-0.25, -0.2) is 5.84 Å². The zero-order chi connectivity index (χ0) is 12.7. The third kappa shape index (κ3) is 4.75. The molecule has 0 saturated heterocycles. The molecule has 17 heavy (non-hydrogen) atoms. The Hall–Kier alpha value is -1.07. The van der Waals surface area contributed by atoms with Crippen molar-refractivity contribution in [2.45, 2.75) is 26.7 Å². The second-order valence-electron chi connectivity index (χ2n) is 3.82. The van der Waals surface area contributed by atoms with Crippen LogP contribution in [0.25, 0.3) is 0 Å². The Bertz CT molecular complexity index is 390. The van der Waals surface area contributed by atoms with Gasteiger partial charge in [0.25, 0.3) is 0 Å². The standard InChI is InChI=1S/C12H19BrN4/c1-3-4-7-15-12(17-14)16-10-6-5-9(2)11(13)8-10/h5-6,8H,3-4,7,14H2,1-2H3,(H2,15,16,17). The summed E-state index contributed by atoms with van der Waals surface area (Å²) in [5, 5.41) is 3.14. The third-order valence-corrected chi connectivity index (χ3v) is 3.21. The number of anilines is 1. The van der Waals surface area contributed by atoms with Crippen molar-refractivity contribution in [2.24, 2.45) is 10.8 Å². The number of halogens is 1. The number of guanidine groups is 1. The van der Waals surface area contributed by atoms with Gasteiger partial charge in [-0.1, -0.05) is 35.3 Å². The van der Waals surface area contributed by atoms with Gasteiger partial charge in [-0.3, -0.25) is 10.4 Å². The highest BCUT2D eigenvalue weighted by molar-refractivity contribution is 9.10. The first-order valence-corrected chi connectivity index (χ1v) is 6.51. The number of aryl methyl sites for hydroxylation is 1. The van der Waals surface area contributed by atoms with Crippen LogP contribution in [0.5, 0.6) is 0 Å². The maximum absolute atomic E-state index is 5.42. The predicted octanol–water partition coefficient (Wildman–Crippen LogP) is 2.79. The molecule has 0 aliphatic carbocycles. The van der Waals surface area contributed by atoms with Gasteiger partial charge in [0.15, 0.2) is 0 Å². The minimum absolute atomic E-state index is 0.592. The number of nitrogens with one attached hydrogen (secondary N) is 2. The lowest BCUT2D eigenvalue weighted by atomic mass is 10.2. The highest BCUT2D eigenvalue weighted by atomic mass is 79.9. The lowest BCUT2D eigenvalue weighted by Gasteiger charge is -2.10. The summed E-state index contributed by atoms with van der Waals surface area (Å²) in [7, 11) is 0. The van der Waals surface area contributed by atoms with E-state index in [0.717, 1.165) is 29.5 Å². The van der Waals surface area contributed by atoms with Gasteiger partial charge in [-0.15, -0.1) is 0 Å². The number of rotatable bonds is 4. The Balaban J connectivity index is 2.67. The third-order valence-electron chi connectivity index (χ3n) is 2.35. The molecule has 0 unspecified atom stereocenters. The number of unbranched alkanes of at least 4 members (excludes halogenated alkanes) is 1. The Morgan fingerprint density at radius 1 is 1.47 bits per heavy atom. The van der Waals surface area contributed by atoms with E-state index in [-0.39, 0.29) is 0 Å². The molecule has 0 amide bonds. The number of hydrogen-bond donors (Lipinski definition) is 3. The molecule has 5 heteroatoms. The number of benzene rings is 1. The molecule has 0 fully saturated rings. The minimum Gasteiger partial charge on any atom is -0.325 e. The molecule has 0 bridgehead atoms. The zero-order valence-electron chi connectivity index (χ0n) is 10.3. The quantitative estimate of drug-likeness (QED) is 0.263. The van der Waals surface area contributed by atoms with Crippen LogP contribution in [0.15, 0.2) is 27.7 Å². The number of hydrogen-bond acceptors (Lipinski definition) is 2. The lowest BCUT2D eigenvalue weighted by molar-refractivity contribution is 0.801. The summed E-state index contributed by atoms with van der Waals surface area (Å²) in [6.07, 6.45) is 2.18. The van der Waals surface area contributed by atoms with Crippen molar-refractivity contribution in [1.29, 1.82) is 0 Å². The molecule has 1 aromatic carbocycles. The molecule has 0 aliphatic heterocycles. The van der Waals surface area contributed by atoms with Crippen molar-refractivity contribution >= 4 is 27.6 Å². The van der Waals surface area contributed by atoms with E-state index in [4.69, 9.17) is 5.84 Å². The molecule has 0 saturated carbocycles. The fourth-order valence-electron chi connectivity index (χ4n) is 1.28. The van der Waals surface area contributed by atoms with Crippen molar-refractivity contribution < 1.29 is 0 Å². The summed E-state index contributed by atoms with van der Waals surface area (Å²) in [6, 6.07) is 6.03. The average Bonchev–Trinajstić information content (AvgIpc) is 2.32. The van der Waals surface area contributed by atoms with Crippen LogP contribution in [0.3, 0.4) is 0 Å². The molecule has 94 valence electrons. The van der Waals surface area contributed by atoms with E-state index in [1.54, 1.807) is 0 Å². The number of nitrogens with zero attached hydrogens (tertiary/aromatic N) is 1. The summed E-state index contributed by atoms with van der Waals surface area (Å²) in [5.41, 5.74) is 4.72. The van der Waals surface area contributed by atoms with E-state index in [2.05, 4.69) is 38.6 Å². The summed E-state index contributed by atoms with van der Waals surface area (Å²) >= 11 is 3.49. The van der Waals surface area contributed by atoms with Gasteiger partial charge in [0.2, 0.25) is 5.96 Å². The van der Waals surface area contributed by atoms with Gasteiger partial charge in [0.05, 0.1) is 0 Å². The van der Waals surface area contributed by atoms with E-state index in [0.29, 0.717) is 5.96 Å². The lowest BCUT2D eigenvalue weighted by Crippen LogP contribution is -2.36. The fraction of sp³-hybridized carbons (Fsp3) is 0.417. The molecule has 1 rings (SSSR count). The topological polar surface area (TPSA) is 62.4 Å². The van der Waals surface area contributed by atoms with Crippen LogP contribution >= 0.6 is 15.9 Å². The summed E-state index contributed by atoms with van der Waals surface area (Å²) < 4.78 is 1.06. The minimum atomic E-state index is 0.592. The summed E-state index contributed by atoms with van der Waals surface area (Å²) in [4.78, 5) is 4.33. The highest BCUT2D eigenvalue weighted by Gasteiger charge is 2.00. The number of aliphatic imine (C=N–C) groups is 1. The van der Waals surface area contributed by atoms with Crippen molar-refractivity contribution in [3.63, 3.8) is 0 Å². The average molecular weight is 299 g/mol. The molecule has 4 N–H and O–H groups in total. The SMILES string of the molecule is CCCCN=C(NN)Nc1ccc(C)c(Br)c1. The molecule has 1 aromatic rings. The van der Waals surface area contributed by atoms with Crippen LogP contribution in [0.2, 0.25) is 0 Å². The molecule has 0 heterocycles. The van der Waals surface area contributed by atoms with Crippen molar-refractivity contribution in [3.8, 4) is 0 Å². The molecule has 0 aliphatic rings. The fourth-order valence-corrected chi connectivity index (χ4v) is 1.66. The number of hydrazine groups is 1. The van der Waals surface area contributed by atoms with Gasteiger partial charge in [0.1, 0.15) is 0 Å². The van der Waals surface area contributed by atoms with Gasteiger partial charge >= 0.3 is 0 Å². The van der Waals surface area contributed by atoms with E-state index < -0.39 is 0 Å². The van der Waals surface area contributed by atoms with Crippen molar-refractivity contribution in [2.75, 3.05) is 11.9 Å². The largest absolute Gasteiger partial charge is 0.325 e. The van der Waals surface area contributed by atoms with E-state index in [1.165, 1.54) is 5.56 Å². The molecular formula is C12H19BrN4. The second kappa shape index (κ2) is 7.29. The van der Waals surface area contributed by atoms with Crippen LogP contribution in [0, 0.1) is 6.92 Å². The van der Waals surface area contributed by atoms with E-state index in [1.807, 2.05) is 25.1 Å². The molecular weight excluding hydrogens is 280 g/mol. The second-order valence-corrected chi connectivity index (χ2v) is 4.67. The summed E-state index contributed by atoms with van der Waals surface area (Å²) in [5.74, 6) is 6.01. The predicted molar refractivity (Wildman–Crippen MR) is 77.0 cm³/mol. The van der Waals surface area contributed by atoms with Crippen LogP contribution in [0.4, 0.5) is 5.69 Å². The van der Waals surface area contributed by atoms with Gasteiger partial charge in [0, 0.05) is 16.7 Å². The van der Waals surface area contributed by atoms with Crippen LogP contribution in [-0.4, -0.2) is 12.5 Å². The van der Waals surface area contributed by atoms with Gasteiger partial charge < -0.3 is 5.32 Å². The number of nitrogens with two attached hydrogens (primary N) is 1. The van der Waals surface area contributed by atoms with E-state index in [9.17, 15) is 0 Å². The van der Waals surface area contributed by atoms with Crippen LogP contribution in [0.1, 0.15) is 25.3 Å². The van der Waals surface area contributed by atoms with Crippen LogP contribution in [-0.2, 0) is 0 Å². The molecule has 0 spiro atoms. The van der Waals surface area contributed by atoms with Crippen LogP contribution < -0.4 is 16.6 Å². The Morgan fingerprint density at radius 2 is 2.24 bits per heavy atom. The Morgan fingerprint density at radius 3 is 2.82 bits per heavy atom. The molecule has 4 nitrogen and oxygen atoms in total. The van der Waals surface area contributed by atoms with E-state index >= 15 is 0 Å². The Labute approximate surface area is 111 Å². The van der Waals surface area contributed by atoms with Gasteiger partial charge in [-0.2, -0.15) is 0 Å². The Kier molecular flexibility index (Phi) is 6.00. The maximum atomic E-state index is 5.42. The molecule has 0 aromatic heterocycles. The molecule has 0 radical (unpaired) electrons. The first kappa shape index (κ1) is 14.0. The van der Waals surface area contributed by atoms with Gasteiger partial charge in [-0.05, 0) is 31.0 Å². The first-order valence-electron chi connectivity index (χ1n) is 5.71. The maximum Gasteiger partial charge on any atom is 0.210 e. The molecule has 0 atom stereocenters. The normalized spacial score (nSPS) is 11.4. The van der Waals surface area contributed by atoms with Crippen molar-refractivity contribution in [3.05, 3.63) is 28.2 Å². The monoisotopic (exact) mass is 298 g/mol. The zero-order valence-corrected chi connectivity index (χ0v) is 11.8. The first-order chi connectivity index (χ1) is 8.17.